The molecule has 0 heterocycles. The van der Waals surface area contributed by atoms with Crippen LogP contribution in [-0.2, 0) is 30.4 Å². The molecular weight excluding hydrogens is 844 g/mol. The summed E-state index contributed by atoms with van der Waals surface area (Å²) in [4.78, 5) is -0.141. The molecule has 9 nitrogen and oxygen atoms in total. The summed E-state index contributed by atoms with van der Waals surface area (Å²) in [5.41, 5.74) is 4.80. The van der Waals surface area contributed by atoms with Crippen LogP contribution < -0.4 is 0 Å². The Bertz CT molecular complexity index is 2550. The topological polar surface area (TPSA) is 172 Å². The summed E-state index contributed by atoms with van der Waals surface area (Å²) in [6, 6.07) is 27.5. The van der Waals surface area contributed by atoms with E-state index >= 15 is 0 Å². The normalized spacial score (nSPS) is 12.3. The summed E-state index contributed by atoms with van der Waals surface area (Å²) in [7, 11) is -13.5. The van der Waals surface area contributed by atoms with Crippen LogP contribution in [0.3, 0.4) is 0 Å². The van der Waals surface area contributed by atoms with E-state index in [1.54, 1.807) is 36.4 Å². The molecule has 0 aliphatic heterocycles. The fraction of sp³-hybridized carbons (Fsp3) is 0.375. The van der Waals surface area contributed by atoms with Gasteiger partial charge < -0.3 is 13.7 Å². The number of fused-ring (bicyclic) bond motifs is 3. The van der Waals surface area contributed by atoms with Crippen molar-refractivity contribution in [1.29, 1.82) is 0 Å². The molecule has 0 fully saturated rings. The third kappa shape index (κ3) is 11.7. The van der Waals surface area contributed by atoms with Gasteiger partial charge in [-0.25, -0.2) is 25.3 Å². The summed E-state index contributed by atoms with van der Waals surface area (Å²) in [6.45, 7) is 23.6. The van der Waals surface area contributed by atoms with Crippen LogP contribution in [0.25, 0.3) is 32.3 Å². The van der Waals surface area contributed by atoms with Gasteiger partial charge in [-0.2, -0.15) is 0 Å². The molecule has 0 aliphatic carbocycles. The number of hydrogen-bond acceptors (Lipinski definition) is 9. The predicted octanol–water partition coefficient (Wildman–Crippen LogP) is 11.6. The van der Waals surface area contributed by atoms with Crippen molar-refractivity contribution in [3.63, 3.8) is 0 Å². The van der Waals surface area contributed by atoms with Crippen LogP contribution in [0.4, 0.5) is 0 Å². The summed E-state index contributed by atoms with van der Waals surface area (Å²) < 4.78 is 106. The Labute approximate surface area is 374 Å². The molecule has 6 rings (SSSR count). The Morgan fingerprint density at radius 2 is 0.541 bits per heavy atom. The first-order valence-electron chi connectivity index (χ1n) is 20.2. The van der Waals surface area contributed by atoms with E-state index in [4.69, 9.17) is 0 Å². The van der Waals surface area contributed by atoms with Crippen molar-refractivity contribution in [2.75, 3.05) is 0 Å². The Kier molecular flexibility index (Phi) is 17.2. The van der Waals surface area contributed by atoms with Crippen LogP contribution in [0.1, 0.15) is 152 Å². The molecule has 0 unspecified atom stereocenters. The van der Waals surface area contributed by atoms with Gasteiger partial charge in [-0.05, 0) is 101 Å². The third-order valence-electron chi connectivity index (χ3n) is 10.6. The predicted molar refractivity (Wildman–Crippen MR) is 246 cm³/mol. The minimum atomic E-state index is -4.51. The van der Waals surface area contributed by atoms with Crippen LogP contribution >= 0.6 is 0 Å². The van der Waals surface area contributed by atoms with Crippen molar-refractivity contribution in [2.45, 2.75) is 133 Å². The van der Waals surface area contributed by atoms with Crippen molar-refractivity contribution >= 4 is 80.0 Å². The zero-order valence-electron chi connectivity index (χ0n) is 37.1. The molecule has 0 amide bonds. The van der Waals surface area contributed by atoms with Crippen LogP contribution in [-0.4, -0.2) is 56.3 Å². The van der Waals surface area contributed by atoms with Gasteiger partial charge in [0.1, 0.15) is 30.4 Å². The van der Waals surface area contributed by atoms with Gasteiger partial charge in [0.25, 0.3) is 0 Å². The molecule has 13 heteroatoms. The Morgan fingerprint density at radius 1 is 0.344 bits per heavy atom. The van der Waals surface area contributed by atoms with Crippen molar-refractivity contribution in [2.24, 2.45) is 0 Å². The smallest absolute Gasteiger partial charge is 0.744 e. The van der Waals surface area contributed by atoms with Gasteiger partial charge in [-0.3, -0.25) is 0 Å². The van der Waals surface area contributed by atoms with Crippen LogP contribution in [0.15, 0.2) is 106 Å². The molecule has 61 heavy (non-hydrogen) atoms. The molecule has 0 N–H and O–H groups in total. The van der Waals surface area contributed by atoms with E-state index in [1.165, 1.54) is 0 Å². The average Bonchev–Trinajstić information content (AvgIpc) is 3.14. The minimum Gasteiger partial charge on any atom is -0.744 e. The monoisotopic (exact) mass is 900 g/mol. The number of rotatable bonds is 9. The Hall–Kier alpha value is -3.64. The molecule has 0 radical (unpaired) electrons. The summed E-state index contributed by atoms with van der Waals surface area (Å²) in [5.74, 6) is 0.440. The van der Waals surface area contributed by atoms with Crippen LogP contribution in [0, 0.1) is 0 Å². The van der Waals surface area contributed by atoms with Crippen molar-refractivity contribution < 1.29 is 38.9 Å². The van der Waals surface area contributed by atoms with Crippen LogP contribution in [0.5, 0.6) is 0 Å². The molecule has 0 aliphatic rings. The van der Waals surface area contributed by atoms with Gasteiger partial charge in [-0.1, -0.05) is 174 Å². The van der Waals surface area contributed by atoms with Gasteiger partial charge in [0.2, 0.25) is 0 Å². The molecule has 6 aromatic carbocycles. The van der Waals surface area contributed by atoms with Crippen LogP contribution in [0.2, 0.25) is 0 Å². The molecule has 0 spiro atoms. The van der Waals surface area contributed by atoms with E-state index in [0.717, 1.165) is 32.8 Å². The maximum absolute atomic E-state index is 11.8. The van der Waals surface area contributed by atoms with E-state index in [-0.39, 0.29) is 67.6 Å². The van der Waals surface area contributed by atoms with Gasteiger partial charge in [-0.15, -0.1) is 0 Å². The first-order chi connectivity index (χ1) is 27.7. The van der Waals surface area contributed by atoms with Crippen molar-refractivity contribution in [3.05, 3.63) is 124 Å². The SMILES string of the molecule is CC(C)c1cc2ccccc2c(S(=O)(=O)[O-])c1C(C)C.CC(C)c1cc2ccccc2c(S(=O)(=O)[O-])c1C(C)C.CC(C)c1cc2ccccc2c(S(=O)(=O)[O-])c1C(C)C.[Al+3]. The Balaban J connectivity index is 0.000000242. The maximum Gasteiger partial charge on any atom is 3.00 e. The second-order valence-electron chi connectivity index (χ2n) is 17.1. The second-order valence-corrected chi connectivity index (χ2v) is 21.0. The first kappa shape index (κ1) is 51.7. The number of benzene rings is 6. The minimum absolute atomic E-state index is 0. The van der Waals surface area contributed by atoms with E-state index < -0.39 is 30.4 Å². The van der Waals surface area contributed by atoms with Gasteiger partial charge in [0.05, 0.1) is 14.7 Å². The molecule has 6 aromatic rings. The third-order valence-corrected chi connectivity index (χ3v) is 13.4. The molecule has 0 saturated carbocycles. The van der Waals surface area contributed by atoms with E-state index in [2.05, 4.69) is 0 Å². The van der Waals surface area contributed by atoms with E-state index in [1.807, 2.05) is 138 Å². The molecule has 0 saturated heterocycles. The quantitative estimate of drug-likeness (QED) is 0.101. The summed E-state index contributed by atoms with van der Waals surface area (Å²) in [6.07, 6.45) is 0. The number of hydrogen-bond donors (Lipinski definition) is 0. The Morgan fingerprint density at radius 3 is 0.705 bits per heavy atom. The molecule has 0 aromatic heterocycles. The van der Waals surface area contributed by atoms with E-state index in [0.29, 0.717) is 32.8 Å². The fourth-order valence-electron chi connectivity index (χ4n) is 8.08. The largest absolute Gasteiger partial charge is 3.00 e. The van der Waals surface area contributed by atoms with Crippen molar-refractivity contribution in [3.8, 4) is 0 Å². The van der Waals surface area contributed by atoms with Gasteiger partial charge in [0.15, 0.2) is 0 Å². The van der Waals surface area contributed by atoms with Crippen molar-refractivity contribution in [1.82, 2.24) is 0 Å². The zero-order chi connectivity index (χ0) is 45.2. The van der Waals surface area contributed by atoms with E-state index in [9.17, 15) is 38.9 Å². The standard InChI is InChI=1S/3C16H20O3S.Al/c3*1-10(2)14-9-12-7-5-6-8-13(12)16(20(17,18)19)15(14)11(3)4;/h3*5-11H,1-4H3,(H,17,18,19);/q;;;+3/p-3. The molecule has 324 valence electrons. The zero-order valence-corrected chi connectivity index (χ0v) is 40.7. The molecule has 0 bridgehead atoms. The van der Waals surface area contributed by atoms with Gasteiger partial charge in [0, 0.05) is 0 Å². The fourth-order valence-corrected chi connectivity index (χ4v) is 11.3. The maximum atomic E-state index is 11.8. The second kappa shape index (κ2) is 20.3. The summed E-state index contributed by atoms with van der Waals surface area (Å²) >= 11 is 0. The van der Waals surface area contributed by atoms with Gasteiger partial charge >= 0.3 is 17.4 Å². The summed E-state index contributed by atoms with van der Waals surface area (Å²) in [5, 5.41) is 3.97. The molecular formula is C48H57AlO9S3. The molecule has 0 atom stereocenters. The average molecular weight is 901 g/mol. The first-order valence-corrected chi connectivity index (χ1v) is 24.5.